The number of hydrogen-bond acceptors (Lipinski definition) is 4. The van der Waals surface area contributed by atoms with E-state index in [0.717, 1.165) is 0 Å². The molecule has 2 rings (SSSR count). The second-order valence-corrected chi connectivity index (χ2v) is 6.23. The first-order valence-electron chi connectivity index (χ1n) is 7.05. The van der Waals surface area contributed by atoms with Gasteiger partial charge in [-0.25, -0.2) is 4.79 Å². The molecule has 116 valence electrons. The summed E-state index contributed by atoms with van der Waals surface area (Å²) >= 11 is 0. The van der Waals surface area contributed by atoms with Gasteiger partial charge < -0.3 is 9.84 Å². The van der Waals surface area contributed by atoms with Crippen LogP contribution in [-0.2, 0) is 5.41 Å². The molecule has 1 aromatic carbocycles. The molecule has 1 heterocycles. The van der Waals surface area contributed by atoms with Crippen molar-refractivity contribution in [2.45, 2.75) is 40.0 Å². The Kier molecular flexibility index (Phi) is 4.17. The van der Waals surface area contributed by atoms with Gasteiger partial charge in [0.2, 0.25) is 0 Å². The quantitative estimate of drug-likeness (QED) is 0.931. The van der Waals surface area contributed by atoms with Gasteiger partial charge in [-0.15, -0.1) is 0 Å². The summed E-state index contributed by atoms with van der Waals surface area (Å²) in [6, 6.07) is 7.88. The van der Waals surface area contributed by atoms with Crippen LogP contribution in [0, 0.1) is 13.8 Å². The fourth-order valence-electron chi connectivity index (χ4n) is 2.17. The lowest BCUT2D eigenvalue weighted by Crippen LogP contribution is -2.10. The Labute approximate surface area is 130 Å². The van der Waals surface area contributed by atoms with E-state index in [1.54, 1.807) is 13.8 Å². The third-order valence-corrected chi connectivity index (χ3v) is 3.39. The van der Waals surface area contributed by atoms with E-state index in [0.29, 0.717) is 17.1 Å². The third-order valence-electron chi connectivity index (χ3n) is 3.39. The molecule has 0 saturated carbocycles. The van der Waals surface area contributed by atoms with Gasteiger partial charge in [0.05, 0.1) is 11.4 Å². The second-order valence-electron chi connectivity index (χ2n) is 6.23. The van der Waals surface area contributed by atoms with Gasteiger partial charge in [0.15, 0.2) is 0 Å². The summed E-state index contributed by atoms with van der Waals surface area (Å²) in [5.41, 5.74) is 2.18. The first kappa shape index (κ1) is 15.9. The number of nitrogens with zero attached hydrogens (tertiary/aromatic N) is 2. The SMILES string of the molecule is Cc1nc(Oc2ccc(C(C)(C)C)cc2)nc(C)c1C(=O)O. The van der Waals surface area contributed by atoms with Crippen LogP contribution in [0.4, 0.5) is 0 Å². The van der Waals surface area contributed by atoms with E-state index in [-0.39, 0.29) is 17.0 Å². The summed E-state index contributed by atoms with van der Waals surface area (Å²) in [7, 11) is 0. The summed E-state index contributed by atoms with van der Waals surface area (Å²) in [4.78, 5) is 19.3. The van der Waals surface area contributed by atoms with E-state index in [1.807, 2.05) is 24.3 Å². The van der Waals surface area contributed by atoms with Crippen molar-refractivity contribution < 1.29 is 14.6 Å². The maximum atomic E-state index is 11.1. The van der Waals surface area contributed by atoms with Gasteiger partial charge in [0.1, 0.15) is 11.3 Å². The van der Waals surface area contributed by atoms with Crippen LogP contribution in [0.15, 0.2) is 24.3 Å². The maximum Gasteiger partial charge on any atom is 0.339 e. The zero-order valence-corrected chi connectivity index (χ0v) is 13.5. The molecule has 0 bridgehead atoms. The number of aromatic nitrogens is 2. The van der Waals surface area contributed by atoms with Crippen molar-refractivity contribution in [1.29, 1.82) is 0 Å². The van der Waals surface area contributed by atoms with Crippen LogP contribution < -0.4 is 4.74 Å². The minimum atomic E-state index is -1.03. The minimum absolute atomic E-state index is 0.0747. The molecular weight excluding hydrogens is 280 g/mol. The average Bonchev–Trinajstić information content (AvgIpc) is 2.36. The van der Waals surface area contributed by atoms with Crippen LogP contribution >= 0.6 is 0 Å². The second kappa shape index (κ2) is 5.75. The predicted octanol–water partition coefficient (Wildman–Crippen LogP) is 3.88. The van der Waals surface area contributed by atoms with Gasteiger partial charge in [-0.2, -0.15) is 9.97 Å². The van der Waals surface area contributed by atoms with Crippen LogP contribution in [0.5, 0.6) is 11.8 Å². The molecule has 0 unspecified atom stereocenters. The number of hydrogen-bond donors (Lipinski definition) is 1. The fourth-order valence-corrected chi connectivity index (χ4v) is 2.17. The normalized spacial score (nSPS) is 11.3. The smallest absolute Gasteiger partial charge is 0.339 e. The van der Waals surface area contributed by atoms with Gasteiger partial charge >= 0.3 is 12.0 Å². The van der Waals surface area contributed by atoms with Crippen molar-refractivity contribution in [1.82, 2.24) is 9.97 Å². The van der Waals surface area contributed by atoms with Crippen molar-refractivity contribution in [3.63, 3.8) is 0 Å². The number of rotatable bonds is 3. The van der Waals surface area contributed by atoms with Crippen molar-refractivity contribution in [3.8, 4) is 11.8 Å². The zero-order valence-electron chi connectivity index (χ0n) is 13.5. The summed E-state index contributed by atoms with van der Waals surface area (Å²) < 4.78 is 5.63. The summed E-state index contributed by atoms with van der Waals surface area (Å²) in [5, 5.41) is 9.11. The topological polar surface area (TPSA) is 72.3 Å². The largest absolute Gasteiger partial charge is 0.478 e. The highest BCUT2D eigenvalue weighted by Gasteiger charge is 2.16. The molecule has 0 fully saturated rings. The number of carboxylic acids is 1. The molecule has 5 heteroatoms. The number of aromatic carboxylic acids is 1. The highest BCUT2D eigenvalue weighted by molar-refractivity contribution is 5.89. The average molecular weight is 300 g/mol. The monoisotopic (exact) mass is 300 g/mol. The van der Waals surface area contributed by atoms with E-state index in [1.165, 1.54) is 5.56 Å². The van der Waals surface area contributed by atoms with Crippen LogP contribution in [-0.4, -0.2) is 21.0 Å². The Balaban J connectivity index is 2.26. The number of benzene rings is 1. The molecule has 0 aliphatic carbocycles. The number of ether oxygens (including phenoxy) is 1. The lowest BCUT2D eigenvalue weighted by atomic mass is 9.87. The fraction of sp³-hybridized carbons (Fsp3) is 0.353. The van der Waals surface area contributed by atoms with Gasteiger partial charge in [-0.1, -0.05) is 32.9 Å². The van der Waals surface area contributed by atoms with Gasteiger partial charge in [-0.3, -0.25) is 0 Å². The van der Waals surface area contributed by atoms with Crippen LogP contribution in [0.2, 0.25) is 0 Å². The molecule has 0 spiro atoms. The number of aryl methyl sites for hydroxylation is 2. The lowest BCUT2D eigenvalue weighted by Gasteiger charge is -2.19. The Morgan fingerprint density at radius 3 is 1.95 bits per heavy atom. The highest BCUT2D eigenvalue weighted by Crippen LogP contribution is 2.26. The molecule has 1 N–H and O–H groups in total. The van der Waals surface area contributed by atoms with E-state index in [4.69, 9.17) is 9.84 Å². The van der Waals surface area contributed by atoms with E-state index in [9.17, 15) is 4.79 Å². The number of carbonyl (C=O) groups is 1. The van der Waals surface area contributed by atoms with E-state index in [2.05, 4.69) is 30.7 Å². The molecular formula is C17H20N2O3. The van der Waals surface area contributed by atoms with Crippen LogP contribution in [0.1, 0.15) is 48.1 Å². The van der Waals surface area contributed by atoms with Gasteiger partial charge in [-0.05, 0) is 37.0 Å². The standard InChI is InChI=1S/C17H20N2O3/c1-10-14(15(20)21)11(2)19-16(18-10)22-13-8-6-12(7-9-13)17(3,4)5/h6-9H,1-5H3,(H,20,21). The van der Waals surface area contributed by atoms with Crippen LogP contribution in [0.3, 0.4) is 0 Å². The van der Waals surface area contributed by atoms with Gasteiger partial charge in [0.25, 0.3) is 0 Å². The molecule has 22 heavy (non-hydrogen) atoms. The summed E-state index contributed by atoms with van der Waals surface area (Å²) in [5.74, 6) is -0.411. The Bertz CT molecular complexity index is 678. The molecule has 0 radical (unpaired) electrons. The van der Waals surface area contributed by atoms with E-state index < -0.39 is 5.97 Å². The van der Waals surface area contributed by atoms with Crippen molar-refractivity contribution in [2.24, 2.45) is 0 Å². The molecule has 0 saturated heterocycles. The molecule has 2 aromatic rings. The van der Waals surface area contributed by atoms with Crippen molar-refractivity contribution in [2.75, 3.05) is 0 Å². The first-order chi connectivity index (χ1) is 10.2. The summed E-state index contributed by atoms with van der Waals surface area (Å²) in [6.45, 7) is 9.69. The highest BCUT2D eigenvalue weighted by atomic mass is 16.5. The molecule has 0 aliphatic rings. The number of carboxylic acid groups (broad SMARTS) is 1. The van der Waals surface area contributed by atoms with Crippen LogP contribution in [0.25, 0.3) is 0 Å². The molecule has 5 nitrogen and oxygen atoms in total. The summed E-state index contributed by atoms with van der Waals surface area (Å²) in [6.07, 6.45) is 0. The molecule has 1 aromatic heterocycles. The minimum Gasteiger partial charge on any atom is -0.478 e. The Hall–Kier alpha value is -2.43. The maximum absolute atomic E-state index is 11.1. The van der Waals surface area contributed by atoms with Crippen molar-refractivity contribution >= 4 is 5.97 Å². The van der Waals surface area contributed by atoms with Gasteiger partial charge in [0, 0.05) is 0 Å². The first-order valence-corrected chi connectivity index (χ1v) is 7.05. The van der Waals surface area contributed by atoms with E-state index >= 15 is 0 Å². The molecule has 0 amide bonds. The zero-order chi connectivity index (χ0) is 16.5. The Morgan fingerprint density at radius 2 is 1.55 bits per heavy atom. The Morgan fingerprint density at radius 1 is 1.05 bits per heavy atom. The molecule has 0 aliphatic heterocycles. The molecule has 0 atom stereocenters. The van der Waals surface area contributed by atoms with Crippen molar-refractivity contribution in [3.05, 3.63) is 46.8 Å². The predicted molar refractivity (Wildman–Crippen MR) is 83.7 cm³/mol. The third kappa shape index (κ3) is 3.42. The lowest BCUT2D eigenvalue weighted by molar-refractivity contribution is 0.0694.